The van der Waals surface area contributed by atoms with Gasteiger partial charge in [0.2, 0.25) is 5.69 Å². The Morgan fingerprint density at radius 1 is 1.11 bits per heavy atom. The van der Waals surface area contributed by atoms with Gasteiger partial charge in [0.25, 0.3) is 5.91 Å². The van der Waals surface area contributed by atoms with Crippen molar-refractivity contribution in [3.63, 3.8) is 0 Å². The average Bonchev–Trinajstić information content (AvgIpc) is 3.17. The molecule has 7 nitrogen and oxygen atoms in total. The van der Waals surface area contributed by atoms with Crippen LogP contribution < -0.4 is 10.1 Å². The largest absolute Gasteiger partial charge is 0.493 e. The Kier molecular flexibility index (Phi) is 6.01. The first kappa shape index (κ1) is 19.1. The van der Waals surface area contributed by atoms with Crippen LogP contribution in [0.25, 0.3) is 5.69 Å². The summed E-state index contributed by atoms with van der Waals surface area (Å²) in [5.41, 5.74) is 1.44. The van der Waals surface area contributed by atoms with E-state index in [9.17, 15) is 14.0 Å². The number of nitrogens with zero attached hydrogens (tertiary/aromatic N) is 2. The van der Waals surface area contributed by atoms with Crippen molar-refractivity contribution in [2.75, 3.05) is 13.7 Å². The summed E-state index contributed by atoms with van der Waals surface area (Å²) in [6.07, 6.45) is 1.56. The van der Waals surface area contributed by atoms with Gasteiger partial charge in [-0.2, -0.15) is 5.10 Å². The van der Waals surface area contributed by atoms with Crippen LogP contribution in [0, 0.1) is 5.82 Å². The molecule has 0 saturated carbocycles. The Morgan fingerprint density at radius 2 is 1.82 bits per heavy atom. The van der Waals surface area contributed by atoms with Crippen LogP contribution in [0.4, 0.5) is 4.39 Å². The maximum atomic E-state index is 12.9. The van der Waals surface area contributed by atoms with E-state index < -0.39 is 18.5 Å². The summed E-state index contributed by atoms with van der Waals surface area (Å²) < 4.78 is 24.6. The lowest BCUT2D eigenvalue weighted by atomic mass is 10.2. The number of hydrogen-bond acceptors (Lipinski definition) is 5. The number of carbonyl (C=O) groups excluding carboxylic acids is 2. The fourth-order valence-electron chi connectivity index (χ4n) is 2.42. The van der Waals surface area contributed by atoms with Gasteiger partial charge in [0.05, 0.1) is 19.0 Å². The van der Waals surface area contributed by atoms with Gasteiger partial charge in [-0.3, -0.25) is 4.79 Å². The molecule has 3 rings (SSSR count). The van der Waals surface area contributed by atoms with E-state index >= 15 is 0 Å². The molecule has 0 aliphatic heterocycles. The summed E-state index contributed by atoms with van der Waals surface area (Å²) in [5, 5.41) is 6.77. The first-order chi connectivity index (χ1) is 13.6. The highest BCUT2D eigenvalue weighted by Gasteiger charge is 2.20. The third-order valence-corrected chi connectivity index (χ3v) is 3.85. The Hall–Kier alpha value is -3.68. The number of carbonyl (C=O) groups is 2. The van der Waals surface area contributed by atoms with E-state index in [2.05, 4.69) is 10.4 Å². The lowest BCUT2D eigenvalue weighted by Crippen LogP contribution is -2.28. The monoisotopic (exact) mass is 383 g/mol. The number of methoxy groups -OCH3 is 1. The highest BCUT2D eigenvalue weighted by molar-refractivity contribution is 5.92. The number of halogens is 1. The lowest BCUT2D eigenvalue weighted by molar-refractivity contribution is -0.124. The molecule has 1 heterocycles. The molecule has 1 amide bonds. The van der Waals surface area contributed by atoms with Gasteiger partial charge in [-0.05, 0) is 29.8 Å². The Bertz CT molecular complexity index is 955. The molecule has 2 aromatic carbocycles. The number of hydrogen-bond donors (Lipinski definition) is 1. The van der Waals surface area contributed by atoms with Crippen LogP contribution in [-0.4, -0.2) is 35.4 Å². The predicted octanol–water partition coefficient (Wildman–Crippen LogP) is 2.49. The second-order valence-corrected chi connectivity index (χ2v) is 5.81. The molecule has 8 heteroatoms. The molecular weight excluding hydrogens is 365 g/mol. The van der Waals surface area contributed by atoms with E-state index in [0.29, 0.717) is 0 Å². The van der Waals surface area contributed by atoms with E-state index in [1.807, 2.05) is 30.3 Å². The molecule has 0 saturated heterocycles. The fourth-order valence-corrected chi connectivity index (χ4v) is 2.42. The first-order valence-electron chi connectivity index (χ1n) is 8.44. The van der Waals surface area contributed by atoms with Crippen molar-refractivity contribution in [1.29, 1.82) is 0 Å². The minimum Gasteiger partial charge on any atom is -0.493 e. The van der Waals surface area contributed by atoms with Crippen molar-refractivity contribution >= 4 is 11.9 Å². The third kappa shape index (κ3) is 4.73. The number of rotatable bonds is 7. The normalized spacial score (nSPS) is 10.4. The van der Waals surface area contributed by atoms with Crippen molar-refractivity contribution in [2.24, 2.45) is 0 Å². The van der Waals surface area contributed by atoms with Crippen LogP contribution in [0.1, 0.15) is 16.1 Å². The van der Waals surface area contributed by atoms with Gasteiger partial charge >= 0.3 is 5.97 Å². The van der Waals surface area contributed by atoms with Crippen molar-refractivity contribution in [1.82, 2.24) is 15.1 Å². The summed E-state index contributed by atoms with van der Waals surface area (Å²) >= 11 is 0. The zero-order valence-corrected chi connectivity index (χ0v) is 15.1. The van der Waals surface area contributed by atoms with E-state index in [1.54, 1.807) is 18.3 Å². The zero-order chi connectivity index (χ0) is 19.9. The highest BCUT2D eigenvalue weighted by Crippen LogP contribution is 2.20. The second kappa shape index (κ2) is 8.81. The number of benzene rings is 2. The molecule has 3 aromatic rings. The van der Waals surface area contributed by atoms with E-state index in [4.69, 9.17) is 9.47 Å². The molecule has 0 atom stereocenters. The standard InChI is InChI=1S/C20H18FN3O4/c1-27-17-12-24(16-5-3-2-4-6-16)23-19(17)20(26)28-13-18(25)22-11-14-7-9-15(21)10-8-14/h2-10,12H,11,13H2,1H3,(H,22,25). The maximum Gasteiger partial charge on any atom is 0.363 e. The minimum absolute atomic E-state index is 0.0299. The summed E-state index contributed by atoms with van der Waals surface area (Å²) in [6.45, 7) is -0.274. The molecule has 0 radical (unpaired) electrons. The van der Waals surface area contributed by atoms with Crippen molar-refractivity contribution in [3.8, 4) is 11.4 Å². The number of aromatic nitrogens is 2. The number of ether oxygens (including phenoxy) is 2. The summed E-state index contributed by atoms with van der Waals surface area (Å²) in [5.74, 6) is -1.38. The molecular formula is C20H18FN3O4. The van der Waals surface area contributed by atoms with E-state index in [0.717, 1.165) is 11.3 Å². The maximum absolute atomic E-state index is 12.9. The molecule has 0 unspecified atom stereocenters. The van der Waals surface area contributed by atoms with Crippen LogP contribution in [0.2, 0.25) is 0 Å². The molecule has 1 N–H and O–H groups in total. The highest BCUT2D eigenvalue weighted by atomic mass is 19.1. The van der Waals surface area contributed by atoms with Crippen LogP contribution >= 0.6 is 0 Å². The number of amides is 1. The topological polar surface area (TPSA) is 82.5 Å². The minimum atomic E-state index is -0.775. The predicted molar refractivity (Wildman–Crippen MR) is 98.6 cm³/mol. The molecule has 28 heavy (non-hydrogen) atoms. The quantitative estimate of drug-likeness (QED) is 0.634. The Balaban J connectivity index is 1.57. The van der Waals surface area contributed by atoms with E-state index in [-0.39, 0.29) is 23.8 Å². The molecule has 0 aliphatic rings. The molecule has 0 spiro atoms. The van der Waals surface area contributed by atoms with Crippen molar-refractivity contribution < 1.29 is 23.5 Å². The van der Waals surface area contributed by atoms with Crippen LogP contribution in [-0.2, 0) is 16.1 Å². The third-order valence-electron chi connectivity index (χ3n) is 3.85. The number of esters is 1. The van der Waals surface area contributed by atoms with Gasteiger partial charge in [0, 0.05) is 6.54 Å². The van der Waals surface area contributed by atoms with Crippen LogP contribution in [0.5, 0.6) is 5.75 Å². The molecule has 1 aromatic heterocycles. The van der Waals surface area contributed by atoms with Gasteiger partial charge in [-0.1, -0.05) is 30.3 Å². The van der Waals surface area contributed by atoms with Gasteiger partial charge in [0.15, 0.2) is 12.4 Å². The van der Waals surface area contributed by atoms with Gasteiger partial charge < -0.3 is 14.8 Å². The fraction of sp³-hybridized carbons (Fsp3) is 0.150. The Morgan fingerprint density at radius 3 is 2.50 bits per heavy atom. The first-order valence-corrected chi connectivity index (χ1v) is 8.44. The summed E-state index contributed by atoms with van der Waals surface area (Å²) in [7, 11) is 1.42. The molecule has 144 valence electrons. The van der Waals surface area contributed by atoms with Crippen molar-refractivity contribution in [2.45, 2.75) is 6.54 Å². The van der Waals surface area contributed by atoms with Crippen LogP contribution in [0.15, 0.2) is 60.8 Å². The smallest absolute Gasteiger partial charge is 0.363 e. The Labute approximate surface area is 160 Å². The van der Waals surface area contributed by atoms with Crippen molar-refractivity contribution in [3.05, 3.63) is 77.9 Å². The van der Waals surface area contributed by atoms with Gasteiger partial charge in [-0.25, -0.2) is 13.9 Å². The number of para-hydroxylation sites is 1. The second-order valence-electron chi connectivity index (χ2n) is 5.81. The van der Waals surface area contributed by atoms with Gasteiger partial charge in [-0.15, -0.1) is 0 Å². The SMILES string of the molecule is COc1cn(-c2ccccc2)nc1C(=O)OCC(=O)NCc1ccc(F)cc1. The lowest BCUT2D eigenvalue weighted by Gasteiger charge is -2.06. The molecule has 0 fully saturated rings. The number of nitrogens with one attached hydrogen (secondary N) is 1. The van der Waals surface area contributed by atoms with E-state index in [1.165, 1.54) is 23.9 Å². The summed E-state index contributed by atoms with van der Waals surface area (Å²) in [6, 6.07) is 14.9. The molecule has 0 bridgehead atoms. The average molecular weight is 383 g/mol. The van der Waals surface area contributed by atoms with Gasteiger partial charge in [0.1, 0.15) is 5.82 Å². The summed E-state index contributed by atoms with van der Waals surface area (Å²) in [4.78, 5) is 24.2. The van der Waals surface area contributed by atoms with Crippen LogP contribution in [0.3, 0.4) is 0 Å². The molecule has 0 aliphatic carbocycles. The zero-order valence-electron chi connectivity index (χ0n) is 15.1.